The average molecular weight is 264 g/mol. The molecule has 0 bridgehead atoms. The molecule has 1 fully saturated rings. The highest BCUT2D eigenvalue weighted by Gasteiger charge is 2.22. The molecule has 0 radical (unpaired) electrons. The van der Waals surface area contributed by atoms with Crippen molar-refractivity contribution < 1.29 is 10.2 Å². The van der Waals surface area contributed by atoms with E-state index in [0.717, 1.165) is 18.8 Å². The van der Waals surface area contributed by atoms with E-state index in [0.29, 0.717) is 6.54 Å². The third-order valence-electron chi connectivity index (χ3n) is 3.82. The van der Waals surface area contributed by atoms with Gasteiger partial charge in [-0.3, -0.25) is 0 Å². The van der Waals surface area contributed by atoms with E-state index in [-0.39, 0.29) is 13.2 Å². The molecule has 1 aliphatic heterocycles. The molecule has 1 heterocycles. The first-order chi connectivity index (χ1) is 9.17. The minimum absolute atomic E-state index is 0.0254. The maximum absolute atomic E-state index is 9.24. The zero-order chi connectivity index (χ0) is 13.7. The molecule has 0 spiro atoms. The second kappa shape index (κ2) is 6.26. The van der Waals surface area contributed by atoms with E-state index in [2.05, 4.69) is 34.5 Å². The van der Waals surface area contributed by atoms with Gasteiger partial charge in [-0.2, -0.15) is 0 Å². The molecule has 0 amide bonds. The summed E-state index contributed by atoms with van der Waals surface area (Å²) in [4.78, 5) is 2.40. The highest BCUT2D eigenvalue weighted by atomic mass is 16.3. The number of nitrogens with one attached hydrogen (secondary N) is 1. The van der Waals surface area contributed by atoms with Gasteiger partial charge in [0.1, 0.15) is 0 Å². The number of anilines is 2. The predicted octanol–water partition coefficient (Wildman–Crippen LogP) is 1.69. The Morgan fingerprint density at radius 1 is 1.11 bits per heavy atom. The fourth-order valence-electron chi connectivity index (χ4n) is 2.24. The lowest BCUT2D eigenvalue weighted by molar-refractivity contribution is 0.0806. The van der Waals surface area contributed by atoms with Crippen molar-refractivity contribution in [3.05, 3.63) is 24.3 Å². The van der Waals surface area contributed by atoms with Gasteiger partial charge < -0.3 is 20.4 Å². The molecule has 0 aliphatic carbocycles. The number of rotatable bonds is 6. The monoisotopic (exact) mass is 264 g/mol. The van der Waals surface area contributed by atoms with Crippen LogP contribution in [0, 0.1) is 5.41 Å². The number of aliphatic hydroxyl groups is 2. The summed E-state index contributed by atoms with van der Waals surface area (Å²) in [6, 6.07) is 8.37. The van der Waals surface area contributed by atoms with Crippen LogP contribution < -0.4 is 10.2 Å². The zero-order valence-corrected chi connectivity index (χ0v) is 11.6. The van der Waals surface area contributed by atoms with Gasteiger partial charge in [0, 0.05) is 36.4 Å². The van der Waals surface area contributed by atoms with Gasteiger partial charge in [0.15, 0.2) is 0 Å². The van der Waals surface area contributed by atoms with Crippen LogP contribution in [0.4, 0.5) is 11.4 Å². The number of aliphatic hydroxyl groups excluding tert-OH is 2. The van der Waals surface area contributed by atoms with E-state index in [4.69, 9.17) is 0 Å². The number of nitrogens with zero attached hydrogens (tertiary/aromatic N) is 1. The summed E-state index contributed by atoms with van der Waals surface area (Å²) >= 11 is 0. The topological polar surface area (TPSA) is 55.7 Å². The molecule has 4 heteroatoms. The molecule has 1 aromatic rings. The highest BCUT2D eigenvalue weighted by molar-refractivity contribution is 5.55. The summed E-state index contributed by atoms with van der Waals surface area (Å²) in [5.41, 5.74) is 1.82. The summed E-state index contributed by atoms with van der Waals surface area (Å²) in [5, 5.41) is 21.8. The number of hydrogen-bond donors (Lipinski definition) is 3. The van der Waals surface area contributed by atoms with Crippen LogP contribution in [0.1, 0.15) is 19.8 Å². The van der Waals surface area contributed by atoms with Crippen LogP contribution in [0.25, 0.3) is 0 Å². The lowest BCUT2D eigenvalue weighted by Gasteiger charge is -2.25. The lowest BCUT2D eigenvalue weighted by Crippen LogP contribution is -2.34. The highest BCUT2D eigenvalue weighted by Crippen LogP contribution is 2.23. The van der Waals surface area contributed by atoms with Gasteiger partial charge in [0.05, 0.1) is 13.2 Å². The van der Waals surface area contributed by atoms with Crippen molar-refractivity contribution in [1.82, 2.24) is 0 Å². The molecule has 0 saturated carbocycles. The molecule has 3 N–H and O–H groups in total. The summed E-state index contributed by atoms with van der Waals surface area (Å²) < 4.78 is 0. The third-order valence-corrected chi connectivity index (χ3v) is 3.82. The van der Waals surface area contributed by atoms with Gasteiger partial charge in [-0.1, -0.05) is 6.92 Å². The molecular formula is C15H24N2O2. The van der Waals surface area contributed by atoms with Gasteiger partial charge in [0.2, 0.25) is 0 Å². The summed E-state index contributed by atoms with van der Waals surface area (Å²) in [7, 11) is 0. The summed E-state index contributed by atoms with van der Waals surface area (Å²) in [6.07, 6.45) is 2.57. The Bertz CT molecular complexity index is 382. The fourth-order valence-corrected chi connectivity index (χ4v) is 2.24. The zero-order valence-electron chi connectivity index (χ0n) is 11.6. The molecule has 4 nitrogen and oxygen atoms in total. The predicted molar refractivity (Wildman–Crippen MR) is 78.7 cm³/mol. The normalized spacial score (nSPS) is 15.8. The summed E-state index contributed by atoms with van der Waals surface area (Å²) in [6.45, 7) is 4.67. The smallest absolute Gasteiger partial charge is 0.0523 e. The van der Waals surface area contributed by atoms with Crippen LogP contribution in [-0.4, -0.2) is 43.1 Å². The van der Waals surface area contributed by atoms with Crippen molar-refractivity contribution in [2.24, 2.45) is 5.41 Å². The van der Waals surface area contributed by atoms with E-state index in [1.807, 2.05) is 6.92 Å². The Morgan fingerprint density at radius 2 is 1.68 bits per heavy atom. The second-order valence-corrected chi connectivity index (χ2v) is 5.72. The molecule has 0 atom stereocenters. The third kappa shape index (κ3) is 3.61. The maximum Gasteiger partial charge on any atom is 0.0523 e. The van der Waals surface area contributed by atoms with Crippen molar-refractivity contribution in [2.75, 3.05) is 43.1 Å². The fraction of sp³-hybridized carbons (Fsp3) is 0.600. The molecule has 19 heavy (non-hydrogen) atoms. The molecule has 2 rings (SSSR count). The average Bonchev–Trinajstić information content (AvgIpc) is 2.99. The van der Waals surface area contributed by atoms with Crippen molar-refractivity contribution in [3.63, 3.8) is 0 Å². The number of benzene rings is 1. The molecule has 0 aromatic heterocycles. The van der Waals surface area contributed by atoms with Crippen molar-refractivity contribution in [2.45, 2.75) is 19.8 Å². The Balaban J connectivity index is 1.91. The van der Waals surface area contributed by atoms with Crippen LogP contribution in [0.2, 0.25) is 0 Å². The minimum Gasteiger partial charge on any atom is -0.396 e. The van der Waals surface area contributed by atoms with Crippen molar-refractivity contribution in [3.8, 4) is 0 Å². The minimum atomic E-state index is -0.479. The first-order valence-corrected chi connectivity index (χ1v) is 6.97. The van der Waals surface area contributed by atoms with Gasteiger partial charge in [0.25, 0.3) is 0 Å². The van der Waals surface area contributed by atoms with Crippen LogP contribution in [0.3, 0.4) is 0 Å². The van der Waals surface area contributed by atoms with E-state index < -0.39 is 5.41 Å². The molecule has 106 valence electrons. The Labute approximate surface area is 115 Å². The van der Waals surface area contributed by atoms with Crippen LogP contribution in [0.5, 0.6) is 0 Å². The van der Waals surface area contributed by atoms with Crippen LogP contribution in [-0.2, 0) is 0 Å². The molecule has 0 unspecified atom stereocenters. The van der Waals surface area contributed by atoms with E-state index in [1.165, 1.54) is 18.5 Å². The van der Waals surface area contributed by atoms with E-state index in [1.54, 1.807) is 0 Å². The quantitative estimate of drug-likeness (QED) is 0.732. The Hall–Kier alpha value is -1.26. The SMILES string of the molecule is CC(CO)(CO)CNc1ccc(N2CCCC2)cc1. The maximum atomic E-state index is 9.24. The van der Waals surface area contributed by atoms with Gasteiger partial charge in [-0.25, -0.2) is 0 Å². The van der Waals surface area contributed by atoms with Gasteiger partial charge in [-0.05, 0) is 37.1 Å². The van der Waals surface area contributed by atoms with E-state index in [9.17, 15) is 10.2 Å². The van der Waals surface area contributed by atoms with Crippen molar-refractivity contribution >= 4 is 11.4 Å². The van der Waals surface area contributed by atoms with Crippen molar-refractivity contribution in [1.29, 1.82) is 0 Å². The second-order valence-electron chi connectivity index (χ2n) is 5.72. The molecule has 1 aromatic carbocycles. The van der Waals surface area contributed by atoms with E-state index >= 15 is 0 Å². The largest absolute Gasteiger partial charge is 0.396 e. The molecule has 1 aliphatic rings. The molecular weight excluding hydrogens is 240 g/mol. The van der Waals surface area contributed by atoms with Crippen LogP contribution in [0.15, 0.2) is 24.3 Å². The van der Waals surface area contributed by atoms with Crippen LogP contribution >= 0.6 is 0 Å². The Morgan fingerprint density at radius 3 is 2.21 bits per heavy atom. The van der Waals surface area contributed by atoms with Gasteiger partial charge in [-0.15, -0.1) is 0 Å². The Kier molecular flexibility index (Phi) is 4.66. The number of hydrogen-bond acceptors (Lipinski definition) is 4. The first-order valence-electron chi connectivity index (χ1n) is 6.97. The van der Waals surface area contributed by atoms with Gasteiger partial charge >= 0.3 is 0 Å². The standard InChI is InChI=1S/C15H24N2O2/c1-15(11-18,12-19)10-16-13-4-6-14(7-5-13)17-8-2-3-9-17/h4-7,16,18-19H,2-3,8-12H2,1H3. The first kappa shape index (κ1) is 14.2. The lowest BCUT2D eigenvalue weighted by atomic mass is 9.93. The summed E-state index contributed by atoms with van der Waals surface area (Å²) in [5.74, 6) is 0. The molecule has 1 saturated heterocycles.